The van der Waals surface area contributed by atoms with E-state index in [1.54, 1.807) is 0 Å². The number of hydrogen-bond acceptors (Lipinski definition) is 5. The van der Waals surface area contributed by atoms with Crippen molar-refractivity contribution in [3.63, 3.8) is 0 Å². The number of carbonyl (C=O) groups is 2. The second-order valence-corrected chi connectivity index (χ2v) is 17.6. The van der Waals surface area contributed by atoms with Gasteiger partial charge in [-0.15, -0.1) is 0 Å². The maximum absolute atomic E-state index is 13.2. The number of allylic oxidation sites excluding steroid dienone is 4. The van der Waals surface area contributed by atoms with Crippen molar-refractivity contribution in [1.29, 1.82) is 0 Å². The number of rotatable bonds is 46. The molecule has 1 amide bonds. The van der Waals surface area contributed by atoms with Gasteiger partial charge >= 0.3 is 5.97 Å². The highest BCUT2D eigenvalue weighted by atomic mass is 16.5. The van der Waals surface area contributed by atoms with Crippen molar-refractivity contribution in [2.24, 2.45) is 0 Å². The first kappa shape index (κ1) is 56.3. The number of nitrogens with one attached hydrogen (secondary N) is 1. The molecule has 0 aliphatic heterocycles. The summed E-state index contributed by atoms with van der Waals surface area (Å²) in [6.07, 6.45) is 52.4. The SMILES string of the molecule is CCCCC/C=C\CCCCCCCC(=O)OC(CCCCC/C=C\CCCCC)CC(=O)NC(CO)C(O)CCCCCCCCCCCCCCCCCCC. The third kappa shape index (κ3) is 41.1. The molecule has 3 unspecified atom stereocenters. The lowest BCUT2D eigenvalue weighted by Crippen LogP contribution is -2.46. The Labute approximate surface area is 361 Å². The van der Waals surface area contributed by atoms with Gasteiger partial charge in [0.25, 0.3) is 0 Å². The molecular weight excluding hydrogens is 719 g/mol. The number of aliphatic hydroxyl groups is 2. The lowest BCUT2D eigenvalue weighted by Gasteiger charge is -2.24. The molecule has 0 aromatic rings. The summed E-state index contributed by atoms with van der Waals surface area (Å²) in [4.78, 5) is 26.0. The molecule has 0 radical (unpaired) electrons. The number of aliphatic hydroxyl groups excluding tert-OH is 2. The molecule has 0 saturated heterocycles. The Balaban J connectivity index is 4.45. The number of carbonyl (C=O) groups excluding carboxylic acids is 2. The zero-order valence-corrected chi connectivity index (χ0v) is 38.9. The zero-order chi connectivity index (χ0) is 42.4. The minimum atomic E-state index is -0.789. The van der Waals surface area contributed by atoms with Crippen LogP contribution in [0.3, 0.4) is 0 Å². The Hall–Kier alpha value is -1.66. The van der Waals surface area contributed by atoms with E-state index in [9.17, 15) is 19.8 Å². The first-order chi connectivity index (χ1) is 28.5. The van der Waals surface area contributed by atoms with Crippen molar-refractivity contribution in [1.82, 2.24) is 5.32 Å². The van der Waals surface area contributed by atoms with Crippen molar-refractivity contribution in [3.05, 3.63) is 24.3 Å². The van der Waals surface area contributed by atoms with Crippen LogP contribution in [0.1, 0.15) is 271 Å². The van der Waals surface area contributed by atoms with Gasteiger partial charge in [-0.2, -0.15) is 0 Å². The molecule has 0 aliphatic carbocycles. The molecule has 0 aromatic carbocycles. The zero-order valence-electron chi connectivity index (χ0n) is 38.9. The number of ether oxygens (including phenoxy) is 1. The number of hydrogen-bond donors (Lipinski definition) is 3. The van der Waals surface area contributed by atoms with Crippen molar-refractivity contribution in [2.75, 3.05) is 6.61 Å². The minimum absolute atomic E-state index is 0.0668. The molecular formula is C52H99NO5. The Morgan fingerprint density at radius 3 is 1.28 bits per heavy atom. The topological polar surface area (TPSA) is 95.9 Å². The van der Waals surface area contributed by atoms with E-state index in [-0.39, 0.29) is 24.9 Å². The van der Waals surface area contributed by atoms with Gasteiger partial charge in [-0.3, -0.25) is 9.59 Å². The Kier molecular flexibility index (Phi) is 45.1. The van der Waals surface area contributed by atoms with Crippen molar-refractivity contribution < 1.29 is 24.5 Å². The monoisotopic (exact) mass is 818 g/mol. The summed E-state index contributed by atoms with van der Waals surface area (Å²) < 4.78 is 5.90. The van der Waals surface area contributed by atoms with E-state index in [2.05, 4.69) is 50.4 Å². The highest BCUT2D eigenvalue weighted by molar-refractivity contribution is 5.77. The first-order valence-electron chi connectivity index (χ1n) is 25.6. The fourth-order valence-electron chi connectivity index (χ4n) is 7.83. The Morgan fingerprint density at radius 1 is 0.483 bits per heavy atom. The van der Waals surface area contributed by atoms with Gasteiger partial charge in [-0.05, 0) is 77.0 Å². The van der Waals surface area contributed by atoms with Crippen LogP contribution in [-0.4, -0.2) is 46.9 Å². The van der Waals surface area contributed by atoms with Crippen LogP contribution in [0.5, 0.6) is 0 Å². The molecule has 0 aliphatic rings. The Bertz CT molecular complexity index is 919. The second-order valence-electron chi connectivity index (χ2n) is 17.6. The molecule has 0 spiro atoms. The van der Waals surface area contributed by atoms with E-state index in [4.69, 9.17) is 4.74 Å². The van der Waals surface area contributed by atoms with Gasteiger partial charge in [0, 0.05) is 6.42 Å². The van der Waals surface area contributed by atoms with Crippen LogP contribution >= 0.6 is 0 Å². The lowest BCUT2D eigenvalue weighted by atomic mass is 10.0. The molecule has 3 N–H and O–H groups in total. The Morgan fingerprint density at radius 2 is 0.828 bits per heavy atom. The molecule has 0 aromatic heterocycles. The molecule has 58 heavy (non-hydrogen) atoms. The van der Waals surface area contributed by atoms with Crippen LogP contribution in [0.15, 0.2) is 24.3 Å². The molecule has 0 heterocycles. The van der Waals surface area contributed by atoms with Gasteiger partial charge in [0.1, 0.15) is 6.10 Å². The molecule has 0 saturated carbocycles. The quantitative estimate of drug-likeness (QED) is 0.0323. The molecule has 0 fully saturated rings. The number of esters is 1. The fourth-order valence-corrected chi connectivity index (χ4v) is 7.83. The van der Waals surface area contributed by atoms with Crippen LogP contribution in [0.4, 0.5) is 0 Å². The van der Waals surface area contributed by atoms with E-state index >= 15 is 0 Å². The molecule has 342 valence electrons. The summed E-state index contributed by atoms with van der Waals surface area (Å²) >= 11 is 0. The van der Waals surface area contributed by atoms with Crippen molar-refractivity contribution in [3.8, 4) is 0 Å². The van der Waals surface area contributed by atoms with Crippen LogP contribution in [-0.2, 0) is 14.3 Å². The van der Waals surface area contributed by atoms with E-state index < -0.39 is 18.2 Å². The van der Waals surface area contributed by atoms with Crippen molar-refractivity contribution >= 4 is 11.9 Å². The predicted molar refractivity (Wildman–Crippen MR) is 250 cm³/mol. The van der Waals surface area contributed by atoms with Crippen LogP contribution in [0.2, 0.25) is 0 Å². The van der Waals surface area contributed by atoms with E-state index in [0.29, 0.717) is 19.3 Å². The molecule has 6 heteroatoms. The summed E-state index contributed by atoms with van der Waals surface area (Å²) in [5, 5.41) is 23.7. The van der Waals surface area contributed by atoms with E-state index in [1.165, 1.54) is 154 Å². The van der Waals surface area contributed by atoms with E-state index in [0.717, 1.165) is 70.6 Å². The summed E-state index contributed by atoms with van der Waals surface area (Å²) in [7, 11) is 0. The molecule has 6 nitrogen and oxygen atoms in total. The smallest absolute Gasteiger partial charge is 0.306 e. The van der Waals surface area contributed by atoms with Gasteiger partial charge in [-0.25, -0.2) is 0 Å². The lowest BCUT2D eigenvalue weighted by molar-refractivity contribution is -0.151. The molecule has 0 bridgehead atoms. The standard InChI is InChI=1S/C52H99NO5/c1-4-7-10-13-16-19-22-24-25-26-27-28-29-32-35-38-41-44-50(55)49(47-54)53-51(56)46-48(43-40-37-34-31-21-18-15-12-9-6-3)58-52(57)45-42-39-36-33-30-23-20-17-14-11-8-5-2/h17-18,20-21,48-50,54-55H,4-16,19,22-47H2,1-3H3,(H,53,56)/b20-17-,21-18-. The fraction of sp³-hybridized carbons (Fsp3) is 0.885. The van der Waals surface area contributed by atoms with Gasteiger partial charge in [0.2, 0.25) is 5.91 Å². The van der Waals surface area contributed by atoms with Gasteiger partial charge in [0.15, 0.2) is 0 Å². The average molecular weight is 818 g/mol. The largest absolute Gasteiger partial charge is 0.462 e. The third-order valence-corrected chi connectivity index (χ3v) is 11.8. The highest BCUT2D eigenvalue weighted by Gasteiger charge is 2.24. The highest BCUT2D eigenvalue weighted by Crippen LogP contribution is 2.18. The summed E-state index contributed by atoms with van der Waals surface area (Å²) in [5.74, 6) is -0.492. The molecule has 3 atom stereocenters. The van der Waals surface area contributed by atoms with Crippen LogP contribution < -0.4 is 5.32 Å². The van der Waals surface area contributed by atoms with E-state index in [1.807, 2.05) is 0 Å². The van der Waals surface area contributed by atoms with Crippen LogP contribution in [0.25, 0.3) is 0 Å². The van der Waals surface area contributed by atoms with Crippen LogP contribution in [0, 0.1) is 0 Å². The van der Waals surface area contributed by atoms with Gasteiger partial charge in [0.05, 0.1) is 25.2 Å². The van der Waals surface area contributed by atoms with Gasteiger partial charge < -0.3 is 20.3 Å². The number of amides is 1. The normalized spacial score (nSPS) is 13.4. The first-order valence-corrected chi connectivity index (χ1v) is 25.6. The minimum Gasteiger partial charge on any atom is -0.462 e. The second kappa shape index (κ2) is 46.4. The average Bonchev–Trinajstić information content (AvgIpc) is 3.22. The maximum Gasteiger partial charge on any atom is 0.306 e. The summed E-state index contributed by atoms with van der Waals surface area (Å²) in [6.45, 7) is 6.44. The van der Waals surface area contributed by atoms with Gasteiger partial charge in [-0.1, -0.05) is 206 Å². The maximum atomic E-state index is 13.2. The molecule has 0 rings (SSSR count). The summed E-state index contributed by atoms with van der Waals surface area (Å²) in [6, 6.07) is -0.703. The van der Waals surface area contributed by atoms with Crippen molar-refractivity contribution in [2.45, 2.75) is 289 Å². The predicted octanol–water partition coefficient (Wildman–Crippen LogP) is 15.1. The summed E-state index contributed by atoms with van der Waals surface area (Å²) in [5.41, 5.74) is 0. The number of unbranched alkanes of at least 4 members (excludes halogenated alkanes) is 30. The third-order valence-electron chi connectivity index (χ3n) is 11.8.